The molecule has 0 aliphatic heterocycles. The number of nitrogens with two attached hydrogens (primary N) is 1. The van der Waals surface area contributed by atoms with E-state index in [0.717, 1.165) is 12.0 Å². The Hall–Kier alpha value is -1.19. The van der Waals surface area contributed by atoms with Crippen molar-refractivity contribution in [3.8, 4) is 0 Å². The third-order valence-corrected chi connectivity index (χ3v) is 2.28. The van der Waals surface area contributed by atoms with Crippen molar-refractivity contribution in [1.82, 2.24) is 0 Å². The highest BCUT2D eigenvalue weighted by Crippen LogP contribution is 2.02. The number of hydrogen-bond donors (Lipinski definition) is 1. The third-order valence-electron chi connectivity index (χ3n) is 2.28. The molecule has 16 heavy (non-hydrogen) atoms. The summed E-state index contributed by atoms with van der Waals surface area (Å²) in [7, 11) is 0. The lowest BCUT2D eigenvalue weighted by Gasteiger charge is -2.03. The van der Waals surface area contributed by atoms with Gasteiger partial charge in [0.2, 0.25) is 0 Å². The SMILES string of the molecule is NCCC(=O)CCCOCc1ccccc1. The first-order valence-electron chi connectivity index (χ1n) is 5.66. The molecule has 0 bridgehead atoms. The molecule has 0 heterocycles. The van der Waals surface area contributed by atoms with Gasteiger partial charge in [-0.2, -0.15) is 0 Å². The van der Waals surface area contributed by atoms with Crippen molar-refractivity contribution in [3.63, 3.8) is 0 Å². The minimum Gasteiger partial charge on any atom is -0.377 e. The summed E-state index contributed by atoms with van der Waals surface area (Å²) >= 11 is 0. The minimum absolute atomic E-state index is 0.228. The topological polar surface area (TPSA) is 52.3 Å². The van der Waals surface area contributed by atoms with E-state index in [2.05, 4.69) is 0 Å². The second-order valence-corrected chi connectivity index (χ2v) is 3.72. The van der Waals surface area contributed by atoms with Crippen LogP contribution in [0.1, 0.15) is 24.8 Å². The molecule has 88 valence electrons. The van der Waals surface area contributed by atoms with Gasteiger partial charge in [-0.15, -0.1) is 0 Å². The molecule has 0 aliphatic rings. The molecular formula is C13H19NO2. The van der Waals surface area contributed by atoms with Gasteiger partial charge < -0.3 is 10.5 Å². The number of benzene rings is 1. The molecular weight excluding hydrogens is 202 g/mol. The van der Waals surface area contributed by atoms with E-state index in [4.69, 9.17) is 10.5 Å². The Morgan fingerprint density at radius 2 is 1.94 bits per heavy atom. The van der Waals surface area contributed by atoms with E-state index in [0.29, 0.717) is 32.6 Å². The summed E-state index contributed by atoms with van der Waals surface area (Å²) in [6.07, 6.45) is 1.84. The van der Waals surface area contributed by atoms with Gasteiger partial charge in [0.15, 0.2) is 0 Å². The Labute approximate surface area is 96.6 Å². The number of Topliss-reactive ketones (excluding diaryl/α,β-unsaturated/α-hetero) is 1. The standard InChI is InChI=1S/C13H19NO2/c14-9-8-13(15)7-4-10-16-11-12-5-2-1-3-6-12/h1-3,5-6H,4,7-11,14H2. The molecule has 0 saturated carbocycles. The molecule has 0 atom stereocenters. The van der Waals surface area contributed by atoms with E-state index in [1.54, 1.807) is 0 Å². The maximum Gasteiger partial charge on any atom is 0.134 e. The molecule has 2 N–H and O–H groups in total. The van der Waals surface area contributed by atoms with Gasteiger partial charge in [0, 0.05) is 19.4 Å². The van der Waals surface area contributed by atoms with E-state index in [1.807, 2.05) is 30.3 Å². The quantitative estimate of drug-likeness (QED) is 0.682. The molecule has 3 nitrogen and oxygen atoms in total. The molecule has 0 aliphatic carbocycles. The van der Waals surface area contributed by atoms with Crippen molar-refractivity contribution >= 4 is 5.78 Å². The molecule has 0 saturated heterocycles. The van der Waals surface area contributed by atoms with Gasteiger partial charge in [-0.25, -0.2) is 0 Å². The van der Waals surface area contributed by atoms with E-state index in [1.165, 1.54) is 0 Å². The number of rotatable bonds is 8. The van der Waals surface area contributed by atoms with Gasteiger partial charge in [-0.3, -0.25) is 4.79 Å². The van der Waals surface area contributed by atoms with Crippen LogP contribution in [0.4, 0.5) is 0 Å². The summed E-state index contributed by atoms with van der Waals surface area (Å²) in [5.41, 5.74) is 6.45. The van der Waals surface area contributed by atoms with Gasteiger partial charge in [0.05, 0.1) is 6.61 Å². The van der Waals surface area contributed by atoms with Crippen LogP contribution >= 0.6 is 0 Å². The highest BCUT2D eigenvalue weighted by Gasteiger charge is 1.99. The van der Waals surface area contributed by atoms with Crippen LogP contribution in [0.5, 0.6) is 0 Å². The van der Waals surface area contributed by atoms with Crippen molar-refractivity contribution in [1.29, 1.82) is 0 Å². The normalized spacial score (nSPS) is 10.3. The Balaban J connectivity index is 2.02. The Kier molecular flexibility index (Phi) is 6.45. The molecule has 1 aromatic rings. The molecule has 0 fully saturated rings. The lowest BCUT2D eigenvalue weighted by atomic mass is 10.2. The van der Waals surface area contributed by atoms with Crippen molar-refractivity contribution in [2.45, 2.75) is 25.9 Å². The molecule has 0 aromatic heterocycles. The smallest absolute Gasteiger partial charge is 0.134 e. The molecule has 0 unspecified atom stereocenters. The molecule has 0 spiro atoms. The van der Waals surface area contributed by atoms with Crippen LogP contribution in [0.15, 0.2) is 30.3 Å². The summed E-state index contributed by atoms with van der Waals surface area (Å²) in [6.45, 7) is 1.70. The molecule has 1 aromatic carbocycles. The van der Waals surface area contributed by atoms with Crippen LogP contribution in [0.2, 0.25) is 0 Å². The lowest BCUT2D eigenvalue weighted by Crippen LogP contribution is -2.08. The summed E-state index contributed by atoms with van der Waals surface area (Å²) in [6, 6.07) is 10.0. The van der Waals surface area contributed by atoms with Crippen LogP contribution in [0.3, 0.4) is 0 Å². The van der Waals surface area contributed by atoms with Crippen LogP contribution in [-0.4, -0.2) is 18.9 Å². The fraction of sp³-hybridized carbons (Fsp3) is 0.462. The summed E-state index contributed by atoms with van der Waals surface area (Å²) in [5.74, 6) is 0.228. The highest BCUT2D eigenvalue weighted by atomic mass is 16.5. The van der Waals surface area contributed by atoms with Gasteiger partial charge in [0.25, 0.3) is 0 Å². The predicted molar refractivity (Wildman–Crippen MR) is 64.0 cm³/mol. The monoisotopic (exact) mass is 221 g/mol. The summed E-state index contributed by atoms with van der Waals surface area (Å²) < 4.78 is 5.46. The zero-order valence-electron chi connectivity index (χ0n) is 9.52. The fourth-order valence-corrected chi connectivity index (χ4v) is 1.42. The summed E-state index contributed by atoms with van der Waals surface area (Å²) in [4.78, 5) is 11.1. The number of ether oxygens (including phenoxy) is 1. The van der Waals surface area contributed by atoms with Gasteiger partial charge >= 0.3 is 0 Å². The van der Waals surface area contributed by atoms with Crippen molar-refractivity contribution in [2.75, 3.05) is 13.2 Å². The second-order valence-electron chi connectivity index (χ2n) is 3.72. The molecule has 1 rings (SSSR count). The largest absolute Gasteiger partial charge is 0.377 e. The zero-order valence-corrected chi connectivity index (χ0v) is 9.52. The lowest BCUT2D eigenvalue weighted by molar-refractivity contribution is -0.119. The van der Waals surface area contributed by atoms with E-state index >= 15 is 0 Å². The van der Waals surface area contributed by atoms with Crippen molar-refractivity contribution in [3.05, 3.63) is 35.9 Å². The number of hydrogen-bond acceptors (Lipinski definition) is 3. The maximum atomic E-state index is 11.1. The predicted octanol–water partition coefficient (Wildman–Crippen LogP) is 1.90. The highest BCUT2D eigenvalue weighted by molar-refractivity contribution is 5.78. The Morgan fingerprint density at radius 3 is 2.62 bits per heavy atom. The minimum atomic E-state index is 0.228. The first-order chi connectivity index (χ1) is 7.83. The zero-order chi connectivity index (χ0) is 11.6. The fourth-order valence-electron chi connectivity index (χ4n) is 1.42. The van der Waals surface area contributed by atoms with Crippen LogP contribution in [0, 0.1) is 0 Å². The van der Waals surface area contributed by atoms with E-state index in [-0.39, 0.29) is 5.78 Å². The number of carbonyl (C=O) groups is 1. The van der Waals surface area contributed by atoms with Crippen LogP contribution in [-0.2, 0) is 16.1 Å². The first-order valence-corrected chi connectivity index (χ1v) is 5.66. The molecule has 3 heteroatoms. The maximum absolute atomic E-state index is 11.1. The molecule has 0 amide bonds. The third kappa shape index (κ3) is 5.63. The second kappa shape index (κ2) is 8.02. The van der Waals surface area contributed by atoms with Crippen LogP contribution in [0.25, 0.3) is 0 Å². The Morgan fingerprint density at radius 1 is 1.19 bits per heavy atom. The van der Waals surface area contributed by atoms with E-state index < -0.39 is 0 Å². The Bertz CT molecular complexity index is 298. The van der Waals surface area contributed by atoms with Gasteiger partial charge in [0.1, 0.15) is 5.78 Å². The van der Waals surface area contributed by atoms with Gasteiger partial charge in [-0.05, 0) is 18.5 Å². The van der Waals surface area contributed by atoms with Crippen molar-refractivity contribution in [2.24, 2.45) is 5.73 Å². The number of carbonyl (C=O) groups excluding carboxylic acids is 1. The summed E-state index contributed by atoms with van der Waals surface area (Å²) in [5, 5.41) is 0. The molecule has 0 radical (unpaired) electrons. The van der Waals surface area contributed by atoms with Crippen LogP contribution < -0.4 is 5.73 Å². The number of ketones is 1. The average molecular weight is 221 g/mol. The average Bonchev–Trinajstić information content (AvgIpc) is 2.30. The van der Waals surface area contributed by atoms with E-state index in [9.17, 15) is 4.79 Å². The first kappa shape index (κ1) is 12.9. The van der Waals surface area contributed by atoms with Crippen molar-refractivity contribution < 1.29 is 9.53 Å². The van der Waals surface area contributed by atoms with Gasteiger partial charge in [-0.1, -0.05) is 30.3 Å².